The van der Waals surface area contributed by atoms with Gasteiger partial charge in [0.25, 0.3) is 0 Å². The number of benzene rings is 1. The Balaban J connectivity index is 3.00. The highest BCUT2D eigenvalue weighted by atomic mass is 16.5. The van der Waals surface area contributed by atoms with Gasteiger partial charge in [-0.25, -0.2) is 0 Å². The smallest absolute Gasteiger partial charge is 0.170 e. The Morgan fingerprint density at radius 2 is 1.84 bits per heavy atom. The van der Waals surface area contributed by atoms with Crippen molar-refractivity contribution in [1.82, 2.24) is 4.90 Å². The fourth-order valence-corrected chi connectivity index (χ4v) is 1.75. The van der Waals surface area contributed by atoms with Gasteiger partial charge >= 0.3 is 0 Å². The van der Waals surface area contributed by atoms with Gasteiger partial charge in [0.05, 0.1) is 6.61 Å². The number of nitrogens with zero attached hydrogens (tertiary/aromatic N) is 1. The molecule has 0 aliphatic rings. The number of allylic oxidation sites excluding steroid dienone is 1. The largest absolute Gasteiger partial charge is 0.486 e. The van der Waals surface area contributed by atoms with Crippen molar-refractivity contribution in [1.29, 1.82) is 0 Å². The molecular formula is C17H23NO. The first-order valence-corrected chi connectivity index (χ1v) is 6.74. The van der Waals surface area contributed by atoms with Crippen molar-refractivity contribution >= 4 is 0 Å². The summed E-state index contributed by atoms with van der Waals surface area (Å²) < 4.78 is 5.70. The second kappa shape index (κ2) is 8.39. The van der Waals surface area contributed by atoms with E-state index in [0.717, 1.165) is 24.3 Å². The Morgan fingerprint density at radius 3 is 2.37 bits per heavy atom. The van der Waals surface area contributed by atoms with Crippen molar-refractivity contribution in [3.05, 3.63) is 47.2 Å². The zero-order chi connectivity index (χ0) is 14.1. The molecule has 0 heterocycles. The van der Waals surface area contributed by atoms with Gasteiger partial charge in [-0.15, -0.1) is 0 Å². The summed E-state index contributed by atoms with van der Waals surface area (Å²) in [7, 11) is 4.12. The SMILES string of the molecule is CCO/C(C#Cc1ccccc1)=C(\CC)CN(C)C. The third-order valence-electron chi connectivity index (χ3n) is 2.64. The Labute approximate surface area is 117 Å². The molecule has 0 aliphatic heterocycles. The molecule has 0 radical (unpaired) electrons. The minimum atomic E-state index is 0.649. The van der Waals surface area contributed by atoms with Gasteiger partial charge in [0.15, 0.2) is 5.76 Å². The van der Waals surface area contributed by atoms with E-state index >= 15 is 0 Å². The summed E-state index contributed by atoms with van der Waals surface area (Å²) in [5.41, 5.74) is 2.26. The lowest BCUT2D eigenvalue weighted by atomic mass is 10.1. The summed E-state index contributed by atoms with van der Waals surface area (Å²) in [5.74, 6) is 7.16. The van der Waals surface area contributed by atoms with Crippen LogP contribution in [0.25, 0.3) is 0 Å². The van der Waals surface area contributed by atoms with Gasteiger partial charge < -0.3 is 9.64 Å². The minimum absolute atomic E-state index is 0.649. The molecule has 0 aromatic heterocycles. The fourth-order valence-electron chi connectivity index (χ4n) is 1.75. The first kappa shape index (κ1) is 15.3. The summed E-state index contributed by atoms with van der Waals surface area (Å²) in [6, 6.07) is 10.00. The van der Waals surface area contributed by atoms with Gasteiger partial charge in [-0.1, -0.05) is 31.0 Å². The van der Waals surface area contributed by atoms with E-state index in [1.807, 2.05) is 37.3 Å². The van der Waals surface area contributed by atoms with E-state index in [-0.39, 0.29) is 0 Å². The standard InChI is InChI=1S/C17H23NO/c1-5-16(14-18(3)4)17(19-6-2)13-12-15-10-8-7-9-11-15/h7-11H,5-6,14H2,1-4H3/b17-16+. The number of rotatable bonds is 5. The Bertz CT molecular complexity index is 463. The molecule has 1 rings (SSSR count). The first-order valence-electron chi connectivity index (χ1n) is 6.74. The predicted molar refractivity (Wildman–Crippen MR) is 80.8 cm³/mol. The van der Waals surface area contributed by atoms with Gasteiger partial charge in [0.2, 0.25) is 0 Å². The second-order valence-electron chi connectivity index (χ2n) is 4.57. The van der Waals surface area contributed by atoms with Crippen molar-refractivity contribution in [2.24, 2.45) is 0 Å². The average Bonchev–Trinajstić information content (AvgIpc) is 2.42. The van der Waals surface area contributed by atoms with Crippen molar-refractivity contribution in [2.75, 3.05) is 27.2 Å². The summed E-state index contributed by atoms with van der Waals surface area (Å²) in [4.78, 5) is 2.14. The van der Waals surface area contributed by atoms with Crippen molar-refractivity contribution in [3.8, 4) is 11.8 Å². The lowest BCUT2D eigenvalue weighted by Crippen LogP contribution is -2.16. The van der Waals surface area contributed by atoms with E-state index in [1.165, 1.54) is 5.57 Å². The van der Waals surface area contributed by atoms with Crippen molar-refractivity contribution < 1.29 is 4.74 Å². The topological polar surface area (TPSA) is 12.5 Å². The molecule has 19 heavy (non-hydrogen) atoms. The maximum absolute atomic E-state index is 5.70. The van der Waals surface area contributed by atoms with Crippen LogP contribution in [-0.2, 0) is 4.74 Å². The highest BCUT2D eigenvalue weighted by Crippen LogP contribution is 2.11. The molecule has 2 heteroatoms. The predicted octanol–water partition coefficient (Wildman–Crippen LogP) is 3.30. The third-order valence-corrected chi connectivity index (χ3v) is 2.64. The molecule has 1 aromatic carbocycles. The molecule has 0 bridgehead atoms. The van der Waals surface area contributed by atoms with Crippen LogP contribution in [0.3, 0.4) is 0 Å². The lowest BCUT2D eigenvalue weighted by molar-refractivity contribution is 0.238. The van der Waals surface area contributed by atoms with Crippen molar-refractivity contribution in [2.45, 2.75) is 20.3 Å². The minimum Gasteiger partial charge on any atom is -0.486 e. The third kappa shape index (κ3) is 5.63. The van der Waals surface area contributed by atoms with E-state index in [0.29, 0.717) is 6.61 Å². The van der Waals surface area contributed by atoms with Gasteiger partial charge in [-0.3, -0.25) is 0 Å². The molecular weight excluding hydrogens is 234 g/mol. The average molecular weight is 257 g/mol. The molecule has 0 saturated heterocycles. The van der Waals surface area contributed by atoms with Crippen LogP contribution < -0.4 is 0 Å². The first-order chi connectivity index (χ1) is 9.17. The Kier molecular flexibility index (Phi) is 6.78. The maximum Gasteiger partial charge on any atom is 0.170 e. The molecule has 0 spiro atoms. The van der Waals surface area contributed by atoms with E-state index in [1.54, 1.807) is 0 Å². The van der Waals surface area contributed by atoms with E-state index in [4.69, 9.17) is 4.74 Å². The molecule has 0 atom stereocenters. The highest BCUT2D eigenvalue weighted by Gasteiger charge is 2.05. The van der Waals surface area contributed by atoms with Gasteiger partial charge in [-0.05, 0) is 51.1 Å². The van der Waals surface area contributed by atoms with Gasteiger partial charge in [-0.2, -0.15) is 0 Å². The second-order valence-corrected chi connectivity index (χ2v) is 4.57. The van der Waals surface area contributed by atoms with Crippen LogP contribution in [0.4, 0.5) is 0 Å². The zero-order valence-electron chi connectivity index (χ0n) is 12.4. The number of likely N-dealkylation sites (N-methyl/N-ethyl adjacent to an activating group) is 1. The summed E-state index contributed by atoms with van der Waals surface area (Å²) >= 11 is 0. The quantitative estimate of drug-likeness (QED) is 0.593. The van der Waals surface area contributed by atoms with Gasteiger partial charge in [0, 0.05) is 12.1 Å². The number of hydrogen-bond donors (Lipinski definition) is 0. The van der Waals surface area contributed by atoms with Crippen molar-refractivity contribution in [3.63, 3.8) is 0 Å². The van der Waals surface area contributed by atoms with Crippen LogP contribution >= 0.6 is 0 Å². The molecule has 2 nitrogen and oxygen atoms in total. The van der Waals surface area contributed by atoms with E-state index < -0.39 is 0 Å². The van der Waals surface area contributed by atoms with Crippen LogP contribution in [-0.4, -0.2) is 32.1 Å². The molecule has 102 valence electrons. The summed E-state index contributed by atoms with van der Waals surface area (Å²) in [6.07, 6.45) is 0.955. The molecule has 0 amide bonds. The molecule has 0 fully saturated rings. The Morgan fingerprint density at radius 1 is 1.16 bits per heavy atom. The van der Waals surface area contributed by atoms with Crippen LogP contribution in [0.15, 0.2) is 41.7 Å². The van der Waals surface area contributed by atoms with Crippen LogP contribution in [0.2, 0.25) is 0 Å². The summed E-state index contributed by atoms with van der Waals surface area (Å²) in [5, 5.41) is 0. The monoisotopic (exact) mass is 257 g/mol. The molecule has 1 aromatic rings. The molecule has 0 N–H and O–H groups in total. The number of ether oxygens (including phenoxy) is 1. The number of hydrogen-bond acceptors (Lipinski definition) is 2. The van der Waals surface area contributed by atoms with Crippen LogP contribution in [0.5, 0.6) is 0 Å². The van der Waals surface area contributed by atoms with E-state index in [9.17, 15) is 0 Å². The van der Waals surface area contributed by atoms with Crippen LogP contribution in [0.1, 0.15) is 25.8 Å². The molecule has 0 aliphatic carbocycles. The van der Waals surface area contributed by atoms with Crippen LogP contribution in [0, 0.1) is 11.8 Å². The van der Waals surface area contributed by atoms with Gasteiger partial charge in [0.1, 0.15) is 0 Å². The highest BCUT2D eigenvalue weighted by molar-refractivity contribution is 5.40. The fraction of sp³-hybridized carbons (Fsp3) is 0.412. The molecule has 0 saturated carbocycles. The maximum atomic E-state index is 5.70. The normalized spacial score (nSPS) is 11.6. The lowest BCUT2D eigenvalue weighted by Gasteiger charge is -2.14. The Hall–Kier alpha value is -1.72. The van der Waals surface area contributed by atoms with E-state index in [2.05, 4.69) is 37.8 Å². The zero-order valence-corrected chi connectivity index (χ0v) is 12.4. The summed E-state index contributed by atoms with van der Waals surface area (Å²) in [6.45, 7) is 5.67. The molecule has 0 unspecified atom stereocenters.